The quantitative estimate of drug-likeness (QED) is 0.821. The van der Waals surface area contributed by atoms with E-state index < -0.39 is 5.54 Å². The largest absolute Gasteiger partial charge is 0.340 e. The van der Waals surface area contributed by atoms with Gasteiger partial charge >= 0.3 is 0 Å². The van der Waals surface area contributed by atoms with Crippen molar-refractivity contribution in [1.29, 1.82) is 0 Å². The smallest absolute Gasteiger partial charge is 0.250 e. The maximum atomic E-state index is 13.4. The maximum absolute atomic E-state index is 13.4. The van der Waals surface area contributed by atoms with Crippen molar-refractivity contribution in [3.05, 3.63) is 30.2 Å². The average molecular weight is 359 g/mol. The van der Waals surface area contributed by atoms with E-state index in [1.165, 1.54) is 0 Å². The minimum absolute atomic E-state index is 0.192. The van der Waals surface area contributed by atoms with Crippen molar-refractivity contribution in [3.63, 3.8) is 0 Å². The second-order valence-corrected chi connectivity index (χ2v) is 7.03. The third-order valence-corrected chi connectivity index (χ3v) is 5.37. The number of nitrogens with zero attached hydrogens (tertiary/aromatic N) is 6. The molecule has 0 atom stereocenters. The lowest BCUT2D eigenvalue weighted by Crippen LogP contribution is -2.59. The van der Waals surface area contributed by atoms with E-state index in [9.17, 15) is 4.79 Å². The Hall–Kier alpha value is -2.26. The first-order valence-electron chi connectivity index (χ1n) is 9.19. The minimum Gasteiger partial charge on any atom is -0.340 e. The van der Waals surface area contributed by atoms with Crippen LogP contribution in [-0.2, 0) is 16.9 Å². The lowest BCUT2D eigenvalue weighted by molar-refractivity contribution is -0.145. The maximum Gasteiger partial charge on any atom is 0.250 e. The van der Waals surface area contributed by atoms with Crippen LogP contribution >= 0.6 is 0 Å². The number of piperazine rings is 1. The zero-order valence-corrected chi connectivity index (χ0v) is 15.1. The number of piperidine rings is 1. The van der Waals surface area contributed by atoms with Crippen LogP contribution in [0.4, 0.5) is 0 Å². The number of hydrogen-bond acceptors (Lipinski definition) is 7. The molecule has 0 spiro atoms. The van der Waals surface area contributed by atoms with Crippen LogP contribution in [0, 0.1) is 6.92 Å². The van der Waals surface area contributed by atoms with Crippen LogP contribution in [-0.4, -0.2) is 74.9 Å². The highest BCUT2D eigenvalue weighted by atomic mass is 16.5. The van der Waals surface area contributed by atoms with Crippen molar-refractivity contribution in [2.24, 2.45) is 0 Å². The van der Waals surface area contributed by atoms with Crippen LogP contribution in [0.2, 0.25) is 0 Å². The summed E-state index contributed by atoms with van der Waals surface area (Å²) in [5, 5.41) is 11.7. The molecule has 2 aromatic rings. The van der Waals surface area contributed by atoms with E-state index in [-0.39, 0.29) is 5.91 Å². The highest BCUT2D eigenvalue weighted by Gasteiger charge is 2.44. The van der Waals surface area contributed by atoms with Crippen LogP contribution in [0.1, 0.15) is 24.6 Å². The predicted molar refractivity (Wildman–Crippen MR) is 93.2 cm³/mol. The van der Waals surface area contributed by atoms with Gasteiger partial charge in [0, 0.05) is 45.5 Å². The molecule has 0 aliphatic carbocycles. The van der Waals surface area contributed by atoms with Gasteiger partial charge in [-0.2, -0.15) is 10.1 Å². The van der Waals surface area contributed by atoms with Crippen LogP contribution < -0.4 is 5.32 Å². The standard InChI is InChI=1S/C17H25N7O2/c1-14-20-15(21-26-14)13-22-9-11-23(12-10-22)16(25)17(3-6-18-7-4-17)24-8-2-5-19-24/h2,5,8,18H,3-4,6-7,9-13H2,1H3. The molecule has 0 unspecified atom stereocenters. The Balaban J connectivity index is 1.42. The van der Waals surface area contributed by atoms with E-state index in [4.69, 9.17) is 4.52 Å². The summed E-state index contributed by atoms with van der Waals surface area (Å²) in [7, 11) is 0. The highest BCUT2D eigenvalue weighted by Crippen LogP contribution is 2.30. The van der Waals surface area contributed by atoms with Gasteiger partial charge in [-0.05, 0) is 32.0 Å². The predicted octanol–water partition coefficient (Wildman–Crippen LogP) is -0.00238. The average Bonchev–Trinajstić information content (AvgIpc) is 3.35. The zero-order chi connectivity index (χ0) is 18.0. The monoisotopic (exact) mass is 359 g/mol. The van der Waals surface area contributed by atoms with Gasteiger partial charge < -0.3 is 14.7 Å². The van der Waals surface area contributed by atoms with Gasteiger partial charge in [0.05, 0.1) is 6.54 Å². The Morgan fingerprint density at radius 3 is 2.65 bits per heavy atom. The second-order valence-electron chi connectivity index (χ2n) is 7.03. The molecular formula is C17H25N7O2. The normalized spacial score (nSPS) is 21.0. The molecule has 0 saturated carbocycles. The molecule has 4 rings (SSSR count). The van der Waals surface area contributed by atoms with Gasteiger partial charge in [-0.1, -0.05) is 5.16 Å². The van der Waals surface area contributed by atoms with Gasteiger partial charge in [0.15, 0.2) is 5.82 Å². The topological polar surface area (TPSA) is 92.3 Å². The summed E-state index contributed by atoms with van der Waals surface area (Å²) < 4.78 is 6.90. The van der Waals surface area contributed by atoms with Crippen LogP contribution in [0.3, 0.4) is 0 Å². The summed E-state index contributed by atoms with van der Waals surface area (Å²) in [5.74, 6) is 1.48. The van der Waals surface area contributed by atoms with Crippen LogP contribution in [0.5, 0.6) is 0 Å². The highest BCUT2D eigenvalue weighted by molar-refractivity contribution is 5.84. The molecule has 2 aromatic heterocycles. The first-order chi connectivity index (χ1) is 12.7. The van der Waals surface area contributed by atoms with Crippen molar-refractivity contribution in [2.45, 2.75) is 31.8 Å². The summed E-state index contributed by atoms with van der Waals surface area (Å²) in [4.78, 5) is 21.9. The molecule has 1 amide bonds. The number of nitrogens with one attached hydrogen (secondary N) is 1. The van der Waals surface area contributed by atoms with E-state index >= 15 is 0 Å². The molecule has 2 saturated heterocycles. The van der Waals surface area contributed by atoms with Crippen LogP contribution in [0.25, 0.3) is 0 Å². The van der Waals surface area contributed by atoms with Crippen molar-refractivity contribution in [3.8, 4) is 0 Å². The SMILES string of the molecule is Cc1nc(CN2CCN(C(=O)C3(n4cccn4)CCNCC3)CC2)no1. The summed E-state index contributed by atoms with van der Waals surface area (Å²) >= 11 is 0. The number of amides is 1. The number of rotatable bonds is 4. The molecular weight excluding hydrogens is 334 g/mol. The summed E-state index contributed by atoms with van der Waals surface area (Å²) in [6.07, 6.45) is 5.21. The Morgan fingerprint density at radius 2 is 2.04 bits per heavy atom. The molecule has 140 valence electrons. The van der Waals surface area contributed by atoms with E-state index in [0.717, 1.165) is 39.0 Å². The number of aryl methyl sites for hydroxylation is 1. The van der Waals surface area contributed by atoms with Gasteiger partial charge in [-0.3, -0.25) is 14.4 Å². The Kier molecular flexibility index (Phi) is 4.73. The fourth-order valence-corrected chi connectivity index (χ4v) is 3.91. The fourth-order valence-electron chi connectivity index (χ4n) is 3.91. The van der Waals surface area contributed by atoms with E-state index in [1.807, 2.05) is 21.8 Å². The molecule has 4 heterocycles. The van der Waals surface area contributed by atoms with Crippen LogP contribution in [0.15, 0.2) is 23.0 Å². The summed E-state index contributed by atoms with van der Waals surface area (Å²) in [6, 6.07) is 1.89. The van der Waals surface area contributed by atoms with Gasteiger partial charge in [-0.15, -0.1) is 0 Å². The molecule has 26 heavy (non-hydrogen) atoms. The number of carbonyl (C=O) groups is 1. The Labute approximate surface area is 152 Å². The number of hydrogen-bond donors (Lipinski definition) is 1. The zero-order valence-electron chi connectivity index (χ0n) is 15.1. The van der Waals surface area contributed by atoms with E-state index in [0.29, 0.717) is 31.3 Å². The lowest BCUT2D eigenvalue weighted by Gasteiger charge is -2.42. The second kappa shape index (κ2) is 7.16. The van der Waals surface area contributed by atoms with E-state index in [1.54, 1.807) is 13.1 Å². The van der Waals surface area contributed by atoms with Crippen molar-refractivity contribution in [1.82, 2.24) is 35.0 Å². The van der Waals surface area contributed by atoms with Crippen molar-refractivity contribution in [2.75, 3.05) is 39.3 Å². The first kappa shape index (κ1) is 17.2. The number of aromatic nitrogens is 4. The molecule has 0 aromatic carbocycles. The third kappa shape index (κ3) is 3.24. The minimum atomic E-state index is -0.554. The molecule has 9 nitrogen and oxygen atoms in total. The Bertz CT molecular complexity index is 728. The summed E-state index contributed by atoms with van der Waals surface area (Å²) in [6.45, 7) is 7.18. The van der Waals surface area contributed by atoms with Gasteiger partial charge in [0.25, 0.3) is 5.91 Å². The first-order valence-corrected chi connectivity index (χ1v) is 9.19. The van der Waals surface area contributed by atoms with Crippen molar-refractivity contribution >= 4 is 5.91 Å². The third-order valence-electron chi connectivity index (χ3n) is 5.37. The Morgan fingerprint density at radius 1 is 1.27 bits per heavy atom. The molecule has 2 fully saturated rings. The molecule has 9 heteroatoms. The molecule has 0 bridgehead atoms. The number of carbonyl (C=O) groups excluding carboxylic acids is 1. The fraction of sp³-hybridized carbons (Fsp3) is 0.647. The van der Waals surface area contributed by atoms with Gasteiger partial charge in [0.2, 0.25) is 5.89 Å². The molecule has 1 N–H and O–H groups in total. The van der Waals surface area contributed by atoms with Gasteiger partial charge in [-0.25, -0.2) is 0 Å². The molecule has 2 aliphatic rings. The molecule has 2 aliphatic heterocycles. The van der Waals surface area contributed by atoms with E-state index in [2.05, 4.69) is 25.5 Å². The van der Waals surface area contributed by atoms with Crippen molar-refractivity contribution < 1.29 is 9.32 Å². The summed E-state index contributed by atoms with van der Waals surface area (Å²) in [5.41, 5.74) is -0.554. The van der Waals surface area contributed by atoms with Gasteiger partial charge in [0.1, 0.15) is 5.54 Å². The molecule has 0 radical (unpaired) electrons. The lowest BCUT2D eigenvalue weighted by atomic mass is 9.86.